The van der Waals surface area contributed by atoms with E-state index < -0.39 is 0 Å². The van der Waals surface area contributed by atoms with E-state index in [-0.39, 0.29) is 5.82 Å². The lowest BCUT2D eigenvalue weighted by Gasteiger charge is -2.32. The standard InChI is InChI=1S/C22H27FN4/c1-15-12-18(16-6-9-27(10-7-16)11-8-24-2)14-20-21(15)26-22(25-20)17-4-3-5-19(23)13-17/h3-5,12-14,16,24H,6-11H2,1-2H3,(H,25,26). The second-order valence-electron chi connectivity index (χ2n) is 7.55. The molecule has 4 rings (SSSR count). The molecule has 0 unspecified atom stereocenters. The van der Waals surface area contributed by atoms with E-state index in [1.54, 1.807) is 6.07 Å². The molecule has 142 valence electrons. The lowest BCUT2D eigenvalue weighted by atomic mass is 9.88. The van der Waals surface area contributed by atoms with Crippen molar-refractivity contribution >= 4 is 11.0 Å². The number of nitrogens with zero attached hydrogens (tertiary/aromatic N) is 2. The molecule has 1 aliphatic rings. The van der Waals surface area contributed by atoms with Gasteiger partial charge in [-0.05, 0) is 75.1 Å². The first kappa shape index (κ1) is 18.1. The molecule has 1 aliphatic heterocycles. The molecular weight excluding hydrogens is 339 g/mol. The minimum absolute atomic E-state index is 0.240. The number of piperidine rings is 1. The van der Waals surface area contributed by atoms with Gasteiger partial charge < -0.3 is 15.2 Å². The van der Waals surface area contributed by atoms with Gasteiger partial charge >= 0.3 is 0 Å². The average Bonchev–Trinajstić information content (AvgIpc) is 3.12. The van der Waals surface area contributed by atoms with Crippen LogP contribution in [0.5, 0.6) is 0 Å². The van der Waals surface area contributed by atoms with Crippen molar-refractivity contribution in [3.63, 3.8) is 0 Å². The summed E-state index contributed by atoms with van der Waals surface area (Å²) < 4.78 is 13.6. The number of hydrogen-bond acceptors (Lipinski definition) is 3. The molecule has 3 aromatic rings. The molecule has 2 N–H and O–H groups in total. The number of aromatic nitrogens is 2. The Morgan fingerprint density at radius 2 is 2.04 bits per heavy atom. The SMILES string of the molecule is CNCCN1CCC(c2cc(C)c3nc(-c4cccc(F)c4)[nH]c3c2)CC1. The molecule has 4 nitrogen and oxygen atoms in total. The predicted octanol–water partition coefficient (Wildman–Crippen LogP) is 4.08. The summed E-state index contributed by atoms with van der Waals surface area (Å²) >= 11 is 0. The van der Waals surface area contributed by atoms with Gasteiger partial charge in [0, 0.05) is 18.7 Å². The van der Waals surface area contributed by atoms with Crippen LogP contribution in [0.15, 0.2) is 36.4 Å². The van der Waals surface area contributed by atoms with Gasteiger partial charge in [-0.3, -0.25) is 0 Å². The summed E-state index contributed by atoms with van der Waals surface area (Å²) in [6, 6.07) is 11.1. The van der Waals surface area contributed by atoms with Crippen LogP contribution >= 0.6 is 0 Å². The van der Waals surface area contributed by atoms with E-state index in [9.17, 15) is 4.39 Å². The van der Waals surface area contributed by atoms with Gasteiger partial charge in [0.1, 0.15) is 11.6 Å². The first-order chi connectivity index (χ1) is 13.1. The van der Waals surface area contributed by atoms with E-state index in [4.69, 9.17) is 4.98 Å². The maximum Gasteiger partial charge on any atom is 0.138 e. The highest BCUT2D eigenvalue weighted by Crippen LogP contribution is 2.32. The Morgan fingerprint density at radius 3 is 2.78 bits per heavy atom. The Hall–Kier alpha value is -2.24. The number of likely N-dealkylation sites (tertiary alicyclic amines) is 1. The predicted molar refractivity (Wildman–Crippen MR) is 109 cm³/mol. The lowest BCUT2D eigenvalue weighted by molar-refractivity contribution is 0.214. The number of hydrogen-bond donors (Lipinski definition) is 2. The summed E-state index contributed by atoms with van der Waals surface area (Å²) in [6.07, 6.45) is 2.39. The normalized spacial score (nSPS) is 16.3. The Morgan fingerprint density at radius 1 is 1.22 bits per heavy atom. The highest BCUT2D eigenvalue weighted by atomic mass is 19.1. The number of aromatic amines is 1. The third-order valence-corrected chi connectivity index (χ3v) is 5.63. The van der Waals surface area contributed by atoms with Crippen LogP contribution < -0.4 is 5.32 Å². The fraction of sp³-hybridized carbons (Fsp3) is 0.409. The van der Waals surface area contributed by atoms with Crippen molar-refractivity contribution in [1.29, 1.82) is 0 Å². The Kier molecular flexibility index (Phi) is 5.23. The maximum absolute atomic E-state index is 13.6. The molecule has 1 saturated heterocycles. The second kappa shape index (κ2) is 7.79. The van der Waals surface area contributed by atoms with Crippen molar-refractivity contribution in [1.82, 2.24) is 20.2 Å². The Balaban J connectivity index is 1.57. The zero-order valence-electron chi connectivity index (χ0n) is 16.1. The molecule has 0 atom stereocenters. The molecule has 0 radical (unpaired) electrons. The van der Waals surface area contributed by atoms with Crippen molar-refractivity contribution in [3.05, 3.63) is 53.3 Å². The quantitative estimate of drug-likeness (QED) is 0.715. The first-order valence-electron chi connectivity index (χ1n) is 9.77. The van der Waals surface area contributed by atoms with Crippen molar-refractivity contribution < 1.29 is 4.39 Å². The number of fused-ring (bicyclic) bond motifs is 1. The molecule has 0 amide bonds. The maximum atomic E-state index is 13.6. The number of likely N-dealkylation sites (N-methyl/N-ethyl adjacent to an activating group) is 1. The summed E-state index contributed by atoms with van der Waals surface area (Å²) in [4.78, 5) is 10.7. The third kappa shape index (κ3) is 3.89. The number of H-pyrrole nitrogens is 1. The number of benzene rings is 2. The van der Waals surface area contributed by atoms with Crippen molar-refractivity contribution in [3.8, 4) is 11.4 Å². The number of nitrogens with one attached hydrogen (secondary N) is 2. The molecule has 2 heterocycles. The number of aryl methyl sites for hydroxylation is 1. The zero-order chi connectivity index (χ0) is 18.8. The summed E-state index contributed by atoms with van der Waals surface area (Å²) in [5.41, 5.74) is 5.37. The fourth-order valence-corrected chi connectivity index (χ4v) is 4.09. The molecule has 2 aromatic carbocycles. The smallest absolute Gasteiger partial charge is 0.138 e. The first-order valence-corrected chi connectivity index (χ1v) is 9.77. The van der Waals surface area contributed by atoms with Crippen LogP contribution in [0.1, 0.15) is 29.9 Å². The minimum atomic E-state index is -0.240. The molecular formula is C22H27FN4. The molecule has 1 fully saturated rings. The largest absolute Gasteiger partial charge is 0.338 e. The van der Waals surface area contributed by atoms with Crippen LogP contribution in [0.3, 0.4) is 0 Å². The number of rotatable bonds is 5. The molecule has 0 saturated carbocycles. The van der Waals surface area contributed by atoms with Crippen LogP contribution in [0, 0.1) is 12.7 Å². The van der Waals surface area contributed by atoms with E-state index in [2.05, 4.69) is 34.3 Å². The molecule has 1 aromatic heterocycles. The van der Waals surface area contributed by atoms with E-state index in [0.717, 1.165) is 48.6 Å². The summed E-state index contributed by atoms with van der Waals surface area (Å²) in [7, 11) is 2.01. The summed E-state index contributed by atoms with van der Waals surface area (Å²) in [6.45, 7) is 6.59. The highest BCUT2D eigenvalue weighted by Gasteiger charge is 2.21. The summed E-state index contributed by atoms with van der Waals surface area (Å²) in [5, 5.41) is 3.23. The van der Waals surface area contributed by atoms with Gasteiger partial charge in [0.25, 0.3) is 0 Å². The molecule has 5 heteroatoms. The molecule has 0 spiro atoms. The van der Waals surface area contributed by atoms with E-state index >= 15 is 0 Å². The topological polar surface area (TPSA) is 44.0 Å². The van der Waals surface area contributed by atoms with Crippen molar-refractivity contribution in [2.45, 2.75) is 25.7 Å². The van der Waals surface area contributed by atoms with E-state index in [0.29, 0.717) is 5.92 Å². The van der Waals surface area contributed by atoms with Crippen LogP contribution in [0.25, 0.3) is 22.4 Å². The second-order valence-corrected chi connectivity index (χ2v) is 7.55. The Bertz CT molecular complexity index is 925. The van der Waals surface area contributed by atoms with Crippen LogP contribution in [-0.2, 0) is 0 Å². The van der Waals surface area contributed by atoms with Gasteiger partial charge in [-0.15, -0.1) is 0 Å². The fourth-order valence-electron chi connectivity index (χ4n) is 4.09. The monoisotopic (exact) mass is 366 g/mol. The third-order valence-electron chi connectivity index (χ3n) is 5.63. The highest BCUT2D eigenvalue weighted by molar-refractivity contribution is 5.83. The lowest BCUT2D eigenvalue weighted by Crippen LogP contribution is -2.37. The van der Waals surface area contributed by atoms with E-state index in [1.807, 2.05) is 13.1 Å². The van der Waals surface area contributed by atoms with Crippen molar-refractivity contribution in [2.24, 2.45) is 0 Å². The number of imidazole rings is 1. The van der Waals surface area contributed by atoms with Gasteiger partial charge in [-0.2, -0.15) is 0 Å². The van der Waals surface area contributed by atoms with Gasteiger partial charge in [0.2, 0.25) is 0 Å². The van der Waals surface area contributed by atoms with Gasteiger partial charge in [0.15, 0.2) is 0 Å². The van der Waals surface area contributed by atoms with Gasteiger partial charge in [-0.25, -0.2) is 9.37 Å². The average molecular weight is 366 g/mol. The minimum Gasteiger partial charge on any atom is -0.338 e. The molecule has 0 aliphatic carbocycles. The number of halogens is 1. The van der Waals surface area contributed by atoms with Gasteiger partial charge in [0.05, 0.1) is 11.0 Å². The van der Waals surface area contributed by atoms with Crippen LogP contribution in [-0.4, -0.2) is 48.1 Å². The van der Waals surface area contributed by atoms with Crippen molar-refractivity contribution in [2.75, 3.05) is 33.2 Å². The molecule has 0 bridgehead atoms. The van der Waals surface area contributed by atoms with Gasteiger partial charge in [-0.1, -0.05) is 18.2 Å². The Labute approximate surface area is 159 Å². The van der Waals surface area contributed by atoms with Crippen LogP contribution in [0.4, 0.5) is 4.39 Å². The zero-order valence-corrected chi connectivity index (χ0v) is 16.1. The van der Waals surface area contributed by atoms with Crippen LogP contribution in [0.2, 0.25) is 0 Å². The molecule has 27 heavy (non-hydrogen) atoms. The van der Waals surface area contributed by atoms with E-state index in [1.165, 1.54) is 36.1 Å². The summed E-state index contributed by atoms with van der Waals surface area (Å²) in [5.74, 6) is 1.09.